The molecule has 8 heteroatoms. The summed E-state index contributed by atoms with van der Waals surface area (Å²) in [4.78, 5) is 26.1. The van der Waals surface area contributed by atoms with E-state index in [4.69, 9.17) is 0 Å². The Morgan fingerprint density at radius 3 is 2.45 bits per heavy atom. The van der Waals surface area contributed by atoms with E-state index in [1.54, 1.807) is 17.5 Å². The minimum Gasteiger partial charge on any atom is -0.349 e. The molecule has 0 radical (unpaired) electrons. The molecule has 0 atom stereocenters. The molecule has 0 amide bonds. The Kier molecular flexibility index (Phi) is 4.38. The topological polar surface area (TPSA) is 88.0 Å². The first-order chi connectivity index (χ1) is 14.3. The van der Waals surface area contributed by atoms with Gasteiger partial charge in [-0.3, -0.25) is 9.89 Å². The molecule has 2 aromatic carbocycles. The highest BCUT2D eigenvalue weighted by Gasteiger charge is 2.11. The first-order valence-corrected chi connectivity index (χ1v) is 9.93. The van der Waals surface area contributed by atoms with Crippen molar-refractivity contribution < 1.29 is 0 Å². The van der Waals surface area contributed by atoms with Gasteiger partial charge in [0.2, 0.25) is 5.95 Å². The molecule has 5 rings (SSSR count). The lowest BCUT2D eigenvalue weighted by atomic mass is 10.1. The average Bonchev–Trinajstić information content (AvgIpc) is 3.41. The fourth-order valence-corrected chi connectivity index (χ4v) is 3.85. The molecule has 142 valence electrons. The molecule has 0 fully saturated rings. The van der Waals surface area contributed by atoms with Gasteiger partial charge < -0.3 is 5.32 Å². The number of rotatable bonds is 5. The molecule has 0 bridgehead atoms. The van der Waals surface area contributed by atoms with Gasteiger partial charge in [0.15, 0.2) is 0 Å². The fourth-order valence-electron chi connectivity index (χ4n) is 3.03. The summed E-state index contributed by atoms with van der Waals surface area (Å²) < 4.78 is 1.35. The summed E-state index contributed by atoms with van der Waals surface area (Å²) in [5.41, 5.74) is 3.14. The first-order valence-electron chi connectivity index (χ1n) is 9.05. The van der Waals surface area contributed by atoms with Crippen LogP contribution in [-0.2, 0) is 6.54 Å². The van der Waals surface area contributed by atoms with Crippen LogP contribution in [0.15, 0.2) is 77.0 Å². The molecule has 0 aliphatic carbocycles. The molecule has 0 aliphatic heterocycles. The van der Waals surface area contributed by atoms with Gasteiger partial charge in [0, 0.05) is 17.1 Å². The molecule has 3 heterocycles. The van der Waals surface area contributed by atoms with Gasteiger partial charge in [-0.25, -0.2) is 9.97 Å². The third kappa shape index (κ3) is 3.41. The van der Waals surface area contributed by atoms with E-state index in [2.05, 4.69) is 25.4 Å². The lowest BCUT2D eigenvalue weighted by molar-refractivity contribution is 0.896. The minimum atomic E-state index is -0.193. The van der Waals surface area contributed by atoms with Gasteiger partial charge in [0.1, 0.15) is 5.01 Å². The van der Waals surface area contributed by atoms with E-state index >= 15 is 0 Å². The zero-order chi connectivity index (χ0) is 19.6. The van der Waals surface area contributed by atoms with Crippen LogP contribution in [0.4, 0.5) is 5.95 Å². The Balaban J connectivity index is 1.37. The van der Waals surface area contributed by atoms with Gasteiger partial charge in [-0.2, -0.15) is 9.50 Å². The zero-order valence-electron chi connectivity index (χ0n) is 15.2. The second-order valence-corrected chi connectivity index (χ2v) is 7.27. The summed E-state index contributed by atoms with van der Waals surface area (Å²) in [6, 6.07) is 19.5. The normalized spacial score (nSPS) is 11.0. The Bertz CT molecular complexity index is 1320. The number of benzene rings is 2. The number of anilines is 1. The summed E-state index contributed by atoms with van der Waals surface area (Å²) >= 11 is 1.60. The van der Waals surface area contributed by atoms with Gasteiger partial charge in [-0.1, -0.05) is 60.7 Å². The van der Waals surface area contributed by atoms with E-state index in [0.29, 0.717) is 23.8 Å². The molecule has 7 nitrogen and oxygen atoms in total. The van der Waals surface area contributed by atoms with Crippen molar-refractivity contribution in [2.24, 2.45) is 0 Å². The van der Waals surface area contributed by atoms with Crippen molar-refractivity contribution in [3.8, 4) is 21.7 Å². The molecule has 0 unspecified atom stereocenters. The van der Waals surface area contributed by atoms with E-state index in [1.807, 2.05) is 66.0 Å². The highest BCUT2D eigenvalue weighted by atomic mass is 32.1. The number of aromatic nitrogens is 5. The van der Waals surface area contributed by atoms with Crippen molar-refractivity contribution in [3.63, 3.8) is 0 Å². The number of hydrogen-bond acceptors (Lipinski definition) is 6. The second-order valence-electron chi connectivity index (χ2n) is 6.41. The lowest BCUT2D eigenvalue weighted by Crippen LogP contribution is -2.17. The molecule has 29 heavy (non-hydrogen) atoms. The van der Waals surface area contributed by atoms with E-state index in [0.717, 1.165) is 21.8 Å². The lowest BCUT2D eigenvalue weighted by Gasteiger charge is -2.00. The number of aromatic amines is 1. The number of fused-ring (bicyclic) bond motifs is 1. The maximum Gasteiger partial charge on any atom is 0.281 e. The molecule has 0 saturated carbocycles. The van der Waals surface area contributed by atoms with Crippen LogP contribution in [-0.4, -0.2) is 24.6 Å². The number of H-pyrrole nitrogens is 1. The van der Waals surface area contributed by atoms with Crippen molar-refractivity contribution in [2.75, 3.05) is 5.32 Å². The predicted molar refractivity (Wildman–Crippen MR) is 114 cm³/mol. The van der Waals surface area contributed by atoms with Crippen molar-refractivity contribution in [1.82, 2.24) is 24.6 Å². The van der Waals surface area contributed by atoms with Crippen LogP contribution in [0.5, 0.6) is 0 Å². The minimum absolute atomic E-state index is 0.193. The number of nitrogens with zero attached hydrogens (tertiary/aromatic N) is 4. The van der Waals surface area contributed by atoms with Gasteiger partial charge in [-0.05, 0) is 5.56 Å². The van der Waals surface area contributed by atoms with Crippen LogP contribution >= 0.6 is 11.3 Å². The number of thiazole rings is 1. The molecule has 0 saturated heterocycles. The van der Waals surface area contributed by atoms with Crippen molar-refractivity contribution in [3.05, 3.63) is 88.3 Å². The maximum atomic E-state index is 12.8. The third-order valence-electron chi connectivity index (χ3n) is 4.47. The van der Waals surface area contributed by atoms with Crippen molar-refractivity contribution in [2.45, 2.75) is 6.54 Å². The first kappa shape index (κ1) is 17.3. The van der Waals surface area contributed by atoms with E-state index in [9.17, 15) is 4.79 Å². The molecule has 5 aromatic rings. The summed E-state index contributed by atoms with van der Waals surface area (Å²) in [6.07, 6.45) is 1.56. The van der Waals surface area contributed by atoms with Crippen molar-refractivity contribution in [1.29, 1.82) is 0 Å². The predicted octanol–water partition coefficient (Wildman–Crippen LogP) is 3.82. The van der Waals surface area contributed by atoms with E-state index < -0.39 is 0 Å². The molecule has 2 N–H and O–H groups in total. The van der Waals surface area contributed by atoms with Gasteiger partial charge in [0.05, 0.1) is 17.8 Å². The highest BCUT2D eigenvalue weighted by Crippen LogP contribution is 2.23. The van der Waals surface area contributed by atoms with E-state index in [1.165, 1.54) is 4.52 Å². The van der Waals surface area contributed by atoms with Crippen LogP contribution < -0.4 is 10.9 Å². The van der Waals surface area contributed by atoms with E-state index in [-0.39, 0.29) is 5.56 Å². The average molecular weight is 400 g/mol. The number of nitrogens with one attached hydrogen (secondary N) is 2. The van der Waals surface area contributed by atoms with Crippen molar-refractivity contribution >= 4 is 23.1 Å². The number of hydrogen-bond donors (Lipinski definition) is 2. The Labute approximate surface area is 169 Å². The molecular formula is C21H16N6OS. The maximum absolute atomic E-state index is 12.8. The smallest absolute Gasteiger partial charge is 0.281 e. The highest BCUT2D eigenvalue weighted by molar-refractivity contribution is 7.13. The molecule has 0 spiro atoms. The zero-order valence-corrected chi connectivity index (χ0v) is 16.1. The van der Waals surface area contributed by atoms with Crippen LogP contribution in [0.2, 0.25) is 0 Å². The Morgan fingerprint density at radius 1 is 0.966 bits per heavy atom. The summed E-state index contributed by atoms with van der Waals surface area (Å²) in [5, 5.41) is 9.14. The quantitative estimate of drug-likeness (QED) is 0.468. The summed E-state index contributed by atoms with van der Waals surface area (Å²) in [7, 11) is 0. The third-order valence-corrected chi connectivity index (χ3v) is 5.41. The van der Waals surface area contributed by atoms with Crippen LogP contribution in [0.1, 0.15) is 5.69 Å². The van der Waals surface area contributed by atoms with Gasteiger partial charge in [0.25, 0.3) is 11.3 Å². The van der Waals surface area contributed by atoms with Crippen LogP contribution in [0, 0.1) is 0 Å². The van der Waals surface area contributed by atoms with Gasteiger partial charge >= 0.3 is 0 Å². The Hall–Kier alpha value is -3.78. The largest absolute Gasteiger partial charge is 0.349 e. The van der Waals surface area contributed by atoms with Gasteiger partial charge in [-0.15, -0.1) is 11.3 Å². The molecule has 0 aliphatic rings. The fraction of sp³-hybridized carbons (Fsp3) is 0.0476. The monoisotopic (exact) mass is 400 g/mol. The molecule has 3 aromatic heterocycles. The standard InChI is InChI=1S/C21H16N6OS/c28-19-17(14-7-3-1-4-8-14)12-23-21-25-20(26-27(19)21)22-11-16-13-29-18(24-16)15-9-5-2-6-10-15/h1-10,12-13H,11H2,(H2,22,23,25,26). The SMILES string of the molecule is O=c1c(-c2ccccc2)cnc2nc(NCc3csc(-c4ccccc4)n3)[nH]n12. The summed E-state index contributed by atoms with van der Waals surface area (Å²) in [6.45, 7) is 0.490. The van der Waals surface area contributed by atoms with Crippen LogP contribution in [0.25, 0.3) is 27.5 Å². The summed E-state index contributed by atoms with van der Waals surface area (Å²) in [5.74, 6) is 0.787. The molecular weight excluding hydrogens is 384 g/mol. The second kappa shape index (κ2) is 7.33. The Morgan fingerprint density at radius 2 is 1.69 bits per heavy atom. The van der Waals surface area contributed by atoms with Crippen LogP contribution in [0.3, 0.4) is 0 Å².